The highest BCUT2D eigenvalue weighted by atomic mass is 15.0. The quantitative estimate of drug-likeness (QED) is 0.525. The van der Waals surface area contributed by atoms with Gasteiger partial charge in [-0.15, -0.1) is 0 Å². The molecule has 0 spiro atoms. The van der Waals surface area contributed by atoms with Crippen molar-refractivity contribution in [2.24, 2.45) is 0 Å². The molecule has 0 amide bonds. The maximum absolute atomic E-state index is 3.57. The fourth-order valence-electron chi connectivity index (χ4n) is 2.74. The largest absolute Gasteiger partial charge is 0.352 e. The minimum absolute atomic E-state index is 0.160. The normalized spacial score (nSPS) is 13.7. The lowest BCUT2D eigenvalue weighted by atomic mass is 9.85. The minimum atomic E-state index is 0.160. The molecule has 0 bridgehead atoms. The van der Waals surface area contributed by atoms with E-state index in [1.54, 1.807) is 0 Å². The fraction of sp³-hybridized carbons (Fsp3) is 0.400. The van der Waals surface area contributed by atoms with Crippen molar-refractivity contribution in [3.05, 3.63) is 47.5 Å². The Morgan fingerprint density at radius 3 is 1.23 bits per heavy atom. The van der Waals surface area contributed by atoms with E-state index in [9.17, 15) is 0 Å². The molecule has 2 aromatic rings. The molecule has 0 aromatic heterocycles. The van der Waals surface area contributed by atoms with Crippen molar-refractivity contribution >= 4 is 22.7 Å². The predicted octanol–water partition coefficient (Wildman–Crippen LogP) is 6.08. The number of benzene rings is 2. The monoisotopic (exact) mass is 294 g/mol. The van der Waals surface area contributed by atoms with Gasteiger partial charge >= 0.3 is 0 Å². The lowest BCUT2D eigenvalue weighted by Gasteiger charge is -2.28. The van der Waals surface area contributed by atoms with Crippen LogP contribution in [-0.2, 0) is 10.8 Å². The molecule has 2 nitrogen and oxygen atoms in total. The molecule has 0 aliphatic carbocycles. The van der Waals surface area contributed by atoms with E-state index < -0.39 is 0 Å². The van der Waals surface area contributed by atoms with Crippen LogP contribution in [0.15, 0.2) is 36.4 Å². The molecule has 0 saturated carbocycles. The van der Waals surface area contributed by atoms with Gasteiger partial charge in [-0.05, 0) is 46.2 Å². The van der Waals surface area contributed by atoms with Crippen LogP contribution >= 0.6 is 0 Å². The summed E-state index contributed by atoms with van der Waals surface area (Å²) < 4.78 is 0. The van der Waals surface area contributed by atoms with Gasteiger partial charge in [0.1, 0.15) is 0 Å². The summed E-state index contributed by atoms with van der Waals surface area (Å²) in [7, 11) is 0. The van der Waals surface area contributed by atoms with E-state index in [1.165, 1.54) is 11.1 Å². The number of hydrogen-bond acceptors (Lipinski definition) is 2. The molecule has 0 fully saturated rings. The Morgan fingerprint density at radius 2 is 0.909 bits per heavy atom. The van der Waals surface area contributed by atoms with Gasteiger partial charge in [-0.2, -0.15) is 0 Å². The maximum Gasteiger partial charge on any atom is 0.0627 e. The second kappa shape index (κ2) is 4.77. The standard InChI is InChI=1S/C20H26N2/c1-19(2,3)13-7-9-15-17(11-13)21-16-10-8-14(20(4,5)6)12-18(16)22-15/h7-12,21-22H,1-6H3. The topological polar surface area (TPSA) is 24.1 Å². The summed E-state index contributed by atoms with van der Waals surface area (Å²) in [5, 5.41) is 7.14. The van der Waals surface area contributed by atoms with Crippen molar-refractivity contribution < 1.29 is 0 Å². The third-order valence-electron chi connectivity index (χ3n) is 4.31. The van der Waals surface area contributed by atoms with Gasteiger partial charge < -0.3 is 10.6 Å². The Hall–Kier alpha value is -1.96. The third-order valence-corrected chi connectivity index (χ3v) is 4.31. The van der Waals surface area contributed by atoms with Crippen molar-refractivity contribution in [1.29, 1.82) is 0 Å². The van der Waals surface area contributed by atoms with Crippen LogP contribution in [-0.4, -0.2) is 0 Å². The number of hydrogen-bond donors (Lipinski definition) is 2. The van der Waals surface area contributed by atoms with Crippen LogP contribution in [0.5, 0.6) is 0 Å². The molecule has 116 valence electrons. The van der Waals surface area contributed by atoms with Crippen molar-refractivity contribution in [2.45, 2.75) is 52.4 Å². The molecule has 3 rings (SSSR count). The first-order chi connectivity index (χ1) is 10.1. The van der Waals surface area contributed by atoms with Crippen LogP contribution in [0.3, 0.4) is 0 Å². The van der Waals surface area contributed by atoms with E-state index in [4.69, 9.17) is 0 Å². The summed E-state index contributed by atoms with van der Waals surface area (Å²) in [4.78, 5) is 0. The van der Waals surface area contributed by atoms with Gasteiger partial charge in [-0.3, -0.25) is 0 Å². The Morgan fingerprint density at radius 1 is 0.545 bits per heavy atom. The number of anilines is 4. The predicted molar refractivity (Wildman–Crippen MR) is 96.8 cm³/mol. The average Bonchev–Trinajstić information content (AvgIpc) is 2.41. The molecule has 0 saturated heterocycles. The molecular formula is C20H26N2. The van der Waals surface area contributed by atoms with Crippen LogP contribution in [0.1, 0.15) is 52.7 Å². The molecule has 0 unspecified atom stereocenters. The first-order valence-electron chi connectivity index (χ1n) is 7.98. The van der Waals surface area contributed by atoms with Crippen LogP contribution in [0.4, 0.5) is 22.7 Å². The summed E-state index contributed by atoms with van der Waals surface area (Å²) in [6.07, 6.45) is 0. The zero-order valence-electron chi connectivity index (χ0n) is 14.5. The van der Waals surface area contributed by atoms with Gasteiger partial charge in [-0.1, -0.05) is 53.7 Å². The van der Waals surface area contributed by atoms with Gasteiger partial charge in [0.05, 0.1) is 22.7 Å². The molecule has 2 aromatic carbocycles. The van der Waals surface area contributed by atoms with Crippen LogP contribution in [0.2, 0.25) is 0 Å². The minimum Gasteiger partial charge on any atom is -0.352 e. The smallest absolute Gasteiger partial charge is 0.0627 e. The summed E-state index contributed by atoms with van der Waals surface area (Å²) in [6, 6.07) is 13.3. The van der Waals surface area contributed by atoms with Crippen molar-refractivity contribution in [1.82, 2.24) is 0 Å². The Kier molecular flexibility index (Phi) is 3.24. The Balaban J connectivity index is 1.99. The maximum atomic E-state index is 3.57. The van der Waals surface area contributed by atoms with Crippen LogP contribution in [0.25, 0.3) is 0 Å². The molecule has 1 aliphatic rings. The molecule has 1 aliphatic heterocycles. The SMILES string of the molecule is CC(C)(C)c1ccc2c(c1)Nc1ccc(C(C)(C)C)cc1N2. The van der Waals surface area contributed by atoms with Crippen LogP contribution in [0, 0.1) is 0 Å². The lowest BCUT2D eigenvalue weighted by molar-refractivity contribution is 0.590. The number of rotatable bonds is 0. The van der Waals surface area contributed by atoms with Crippen molar-refractivity contribution in [2.75, 3.05) is 10.6 Å². The van der Waals surface area contributed by atoms with E-state index in [-0.39, 0.29) is 10.8 Å². The number of nitrogens with one attached hydrogen (secondary N) is 2. The van der Waals surface area contributed by atoms with E-state index in [0.29, 0.717) is 0 Å². The molecule has 0 atom stereocenters. The first-order valence-corrected chi connectivity index (χ1v) is 7.98. The second-order valence-electron chi connectivity index (χ2n) is 8.27. The zero-order chi connectivity index (χ0) is 16.1. The summed E-state index contributed by atoms with van der Waals surface area (Å²) in [6.45, 7) is 13.5. The van der Waals surface area contributed by atoms with Gasteiger partial charge in [0, 0.05) is 0 Å². The fourth-order valence-corrected chi connectivity index (χ4v) is 2.74. The van der Waals surface area contributed by atoms with Gasteiger partial charge in [0.25, 0.3) is 0 Å². The molecule has 0 radical (unpaired) electrons. The van der Waals surface area contributed by atoms with Gasteiger partial charge in [0.2, 0.25) is 0 Å². The highest BCUT2D eigenvalue weighted by molar-refractivity contribution is 5.90. The van der Waals surface area contributed by atoms with Gasteiger partial charge in [0.15, 0.2) is 0 Å². The van der Waals surface area contributed by atoms with Gasteiger partial charge in [-0.25, -0.2) is 0 Å². The molecular weight excluding hydrogens is 268 g/mol. The summed E-state index contributed by atoms with van der Waals surface area (Å²) in [5.41, 5.74) is 7.61. The Bertz CT molecular complexity index is 652. The molecule has 1 heterocycles. The zero-order valence-corrected chi connectivity index (χ0v) is 14.5. The summed E-state index contributed by atoms with van der Waals surface area (Å²) in [5.74, 6) is 0. The molecule has 2 N–H and O–H groups in total. The van der Waals surface area contributed by atoms with E-state index in [2.05, 4.69) is 88.6 Å². The highest BCUT2D eigenvalue weighted by Crippen LogP contribution is 2.41. The second-order valence-corrected chi connectivity index (χ2v) is 8.27. The average molecular weight is 294 g/mol. The summed E-state index contributed by atoms with van der Waals surface area (Å²) >= 11 is 0. The first kappa shape index (κ1) is 15.0. The van der Waals surface area contributed by atoms with E-state index >= 15 is 0 Å². The van der Waals surface area contributed by atoms with E-state index in [0.717, 1.165) is 22.7 Å². The number of fused-ring (bicyclic) bond motifs is 2. The highest BCUT2D eigenvalue weighted by Gasteiger charge is 2.21. The van der Waals surface area contributed by atoms with E-state index in [1.807, 2.05) is 0 Å². The van der Waals surface area contributed by atoms with Crippen LogP contribution < -0.4 is 10.6 Å². The molecule has 22 heavy (non-hydrogen) atoms. The Labute approximate surface area is 134 Å². The molecule has 2 heteroatoms. The third kappa shape index (κ3) is 2.70. The lowest BCUT2D eigenvalue weighted by Crippen LogP contribution is -2.15. The van der Waals surface area contributed by atoms with Crippen molar-refractivity contribution in [3.8, 4) is 0 Å². The van der Waals surface area contributed by atoms with Crippen molar-refractivity contribution in [3.63, 3.8) is 0 Å².